The standard InChI is InChI=1S/C11H17N3/c1-9-4-7-14(8-11(9)12)10-2-5-13-6-3-10/h2-3,5-6,9,11H,4,7-8,12H2,1H3. The number of pyridine rings is 1. The Labute approximate surface area is 84.9 Å². The molecule has 1 aliphatic heterocycles. The van der Waals surface area contributed by atoms with Crippen LogP contribution in [0.5, 0.6) is 0 Å². The summed E-state index contributed by atoms with van der Waals surface area (Å²) in [6.45, 7) is 4.30. The average Bonchev–Trinajstić information content (AvgIpc) is 2.23. The molecule has 0 bridgehead atoms. The highest BCUT2D eigenvalue weighted by Gasteiger charge is 2.22. The van der Waals surface area contributed by atoms with Gasteiger partial charge in [0.15, 0.2) is 0 Å². The second-order valence-corrected chi connectivity index (χ2v) is 4.08. The molecule has 1 aliphatic rings. The first-order valence-electron chi connectivity index (χ1n) is 5.18. The Morgan fingerprint density at radius 2 is 2.14 bits per heavy atom. The van der Waals surface area contributed by atoms with Gasteiger partial charge in [0, 0.05) is 37.2 Å². The Bertz CT molecular complexity index is 286. The van der Waals surface area contributed by atoms with Gasteiger partial charge in [-0.3, -0.25) is 4.98 Å². The van der Waals surface area contributed by atoms with Crippen molar-refractivity contribution < 1.29 is 0 Å². The summed E-state index contributed by atoms with van der Waals surface area (Å²) in [5.41, 5.74) is 7.29. The van der Waals surface area contributed by atoms with Crippen LogP contribution in [0.1, 0.15) is 13.3 Å². The summed E-state index contributed by atoms with van der Waals surface area (Å²) < 4.78 is 0. The molecule has 2 unspecified atom stereocenters. The summed E-state index contributed by atoms with van der Waals surface area (Å²) in [5.74, 6) is 0.646. The Kier molecular flexibility index (Phi) is 2.68. The first kappa shape index (κ1) is 9.46. The average molecular weight is 191 g/mol. The fourth-order valence-electron chi connectivity index (χ4n) is 1.89. The molecule has 3 nitrogen and oxygen atoms in total. The van der Waals surface area contributed by atoms with Crippen molar-refractivity contribution in [2.24, 2.45) is 11.7 Å². The van der Waals surface area contributed by atoms with Crippen LogP contribution in [0.25, 0.3) is 0 Å². The Hall–Kier alpha value is -1.09. The highest BCUT2D eigenvalue weighted by atomic mass is 15.2. The molecule has 1 fully saturated rings. The van der Waals surface area contributed by atoms with E-state index in [0.717, 1.165) is 13.1 Å². The van der Waals surface area contributed by atoms with Crippen LogP contribution in [-0.4, -0.2) is 24.1 Å². The van der Waals surface area contributed by atoms with E-state index in [0.29, 0.717) is 12.0 Å². The third-order valence-corrected chi connectivity index (χ3v) is 3.04. The smallest absolute Gasteiger partial charge is 0.0397 e. The number of anilines is 1. The van der Waals surface area contributed by atoms with Crippen molar-refractivity contribution in [2.75, 3.05) is 18.0 Å². The number of piperidine rings is 1. The number of hydrogen-bond donors (Lipinski definition) is 1. The first-order valence-corrected chi connectivity index (χ1v) is 5.18. The molecule has 1 aromatic heterocycles. The Morgan fingerprint density at radius 3 is 2.79 bits per heavy atom. The molecule has 2 atom stereocenters. The zero-order valence-electron chi connectivity index (χ0n) is 8.56. The van der Waals surface area contributed by atoms with Gasteiger partial charge in [0.2, 0.25) is 0 Å². The van der Waals surface area contributed by atoms with Crippen LogP contribution < -0.4 is 10.6 Å². The van der Waals surface area contributed by atoms with Gasteiger partial charge >= 0.3 is 0 Å². The molecule has 76 valence electrons. The summed E-state index contributed by atoms with van der Waals surface area (Å²) in [6, 6.07) is 4.39. The minimum atomic E-state index is 0.303. The summed E-state index contributed by atoms with van der Waals surface area (Å²) >= 11 is 0. The third-order valence-electron chi connectivity index (χ3n) is 3.04. The van der Waals surface area contributed by atoms with Crippen LogP contribution in [0.4, 0.5) is 5.69 Å². The quantitative estimate of drug-likeness (QED) is 0.726. The van der Waals surface area contributed by atoms with Crippen LogP contribution in [0.3, 0.4) is 0 Å². The monoisotopic (exact) mass is 191 g/mol. The van der Waals surface area contributed by atoms with E-state index >= 15 is 0 Å². The number of rotatable bonds is 1. The summed E-state index contributed by atoms with van der Waals surface area (Å²) in [7, 11) is 0. The van der Waals surface area contributed by atoms with E-state index in [1.54, 1.807) is 0 Å². The maximum atomic E-state index is 6.05. The Balaban J connectivity index is 2.07. The molecule has 0 saturated carbocycles. The van der Waals surface area contributed by atoms with E-state index < -0.39 is 0 Å². The van der Waals surface area contributed by atoms with E-state index in [2.05, 4.69) is 16.8 Å². The fourth-order valence-corrected chi connectivity index (χ4v) is 1.89. The predicted octanol–water partition coefficient (Wildman–Crippen LogP) is 1.26. The summed E-state index contributed by atoms with van der Waals surface area (Å²) in [6.07, 6.45) is 4.85. The van der Waals surface area contributed by atoms with Gasteiger partial charge in [-0.25, -0.2) is 0 Å². The van der Waals surface area contributed by atoms with Crippen molar-refractivity contribution >= 4 is 5.69 Å². The molecule has 1 saturated heterocycles. The van der Waals surface area contributed by atoms with Crippen LogP contribution in [0.2, 0.25) is 0 Å². The van der Waals surface area contributed by atoms with Crippen molar-refractivity contribution in [3.63, 3.8) is 0 Å². The lowest BCUT2D eigenvalue weighted by Gasteiger charge is -2.36. The van der Waals surface area contributed by atoms with Crippen molar-refractivity contribution in [2.45, 2.75) is 19.4 Å². The van der Waals surface area contributed by atoms with Crippen molar-refractivity contribution in [1.82, 2.24) is 4.98 Å². The van der Waals surface area contributed by atoms with Gasteiger partial charge in [0.1, 0.15) is 0 Å². The topological polar surface area (TPSA) is 42.2 Å². The largest absolute Gasteiger partial charge is 0.370 e. The van der Waals surface area contributed by atoms with E-state index in [4.69, 9.17) is 5.73 Å². The van der Waals surface area contributed by atoms with Gasteiger partial charge in [0.05, 0.1) is 0 Å². The lowest BCUT2D eigenvalue weighted by Crippen LogP contribution is -2.47. The minimum absolute atomic E-state index is 0.303. The molecule has 2 rings (SSSR count). The highest BCUT2D eigenvalue weighted by molar-refractivity contribution is 5.45. The second-order valence-electron chi connectivity index (χ2n) is 4.08. The van der Waals surface area contributed by atoms with E-state index in [1.807, 2.05) is 24.5 Å². The molecule has 1 aromatic rings. The molecular weight excluding hydrogens is 174 g/mol. The lowest BCUT2D eigenvalue weighted by molar-refractivity contribution is 0.379. The van der Waals surface area contributed by atoms with Crippen molar-refractivity contribution in [1.29, 1.82) is 0 Å². The van der Waals surface area contributed by atoms with Crippen LogP contribution in [0, 0.1) is 5.92 Å². The normalized spacial score (nSPS) is 27.7. The minimum Gasteiger partial charge on any atom is -0.370 e. The van der Waals surface area contributed by atoms with E-state index in [-0.39, 0.29) is 0 Å². The van der Waals surface area contributed by atoms with Crippen molar-refractivity contribution in [3.8, 4) is 0 Å². The molecule has 0 spiro atoms. The molecule has 2 heterocycles. The van der Waals surface area contributed by atoms with E-state index in [9.17, 15) is 0 Å². The SMILES string of the molecule is CC1CCN(c2ccncc2)CC1N. The molecule has 0 aliphatic carbocycles. The van der Waals surface area contributed by atoms with Crippen LogP contribution in [-0.2, 0) is 0 Å². The molecule has 2 N–H and O–H groups in total. The van der Waals surface area contributed by atoms with Gasteiger partial charge in [-0.05, 0) is 24.5 Å². The molecule has 14 heavy (non-hydrogen) atoms. The van der Waals surface area contributed by atoms with Gasteiger partial charge < -0.3 is 10.6 Å². The van der Waals surface area contributed by atoms with E-state index in [1.165, 1.54) is 12.1 Å². The predicted molar refractivity (Wildman–Crippen MR) is 58.2 cm³/mol. The fraction of sp³-hybridized carbons (Fsp3) is 0.545. The molecule has 0 amide bonds. The highest BCUT2D eigenvalue weighted by Crippen LogP contribution is 2.21. The van der Waals surface area contributed by atoms with Crippen LogP contribution >= 0.6 is 0 Å². The maximum absolute atomic E-state index is 6.05. The van der Waals surface area contributed by atoms with Gasteiger partial charge in [-0.2, -0.15) is 0 Å². The second kappa shape index (κ2) is 3.96. The number of aromatic nitrogens is 1. The van der Waals surface area contributed by atoms with Gasteiger partial charge in [-0.1, -0.05) is 6.92 Å². The van der Waals surface area contributed by atoms with Gasteiger partial charge in [0.25, 0.3) is 0 Å². The first-order chi connectivity index (χ1) is 6.77. The summed E-state index contributed by atoms with van der Waals surface area (Å²) in [5, 5.41) is 0. The zero-order valence-corrected chi connectivity index (χ0v) is 8.56. The molecule has 0 aromatic carbocycles. The molecule has 3 heteroatoms. The zero-order chi connectivity index (χ0) is 9.97. The maximum Gasteiger partial charge on any atom is 0.0397 e. The lowest BCUT2D eigenvalue weighted by atomic mass is 9.94. The third kappa shape index (κ3) is 1.87. The van der Waals surface area contributed by atoms with Gasteiger partial charge in [-0.15, -0.1) is 0 Å². The summed E-state index contributed by atoms with van der Waals surface area (Å²) in [4.78, 5) is 6.36. The number of hydrogen-bond acceptors (Lipinski definition) is 3. The van der Waals surface area contributed by atoms with Crippen LogP contribution in [0.15, 0.2) is 24.5 Å². The van der Waals surface area contributed by atoms with Crippen molar-refractivity contribution in [3.05, 3.63) is 24.5 Å². The number of nitrogens with two attached hydrogens (primary N) is 1. The number of nitrogens with zero attached hydrogens (tertiary/aromatic N) is 2. The molecular formula is C11H17N3. The molecule has 0 radical (unpaired) electrons. The Morgan fingerprint density at radius 1 is 1.43 bits per heavy atom.